The summed E-state index contributed by atoms with van der Waals surface area (Å²) in [6.07, 6.45) is 2.34. The van der Waals surface area contributed by atoms with Crippen LogP contribution in [0.5, 0.6) is 0 Å². The lowest BCUT2D eigenvalue weighted by Gasteiger charge is -2.14. The van der Waals surface area contributed by atoms with Crippen molar-refractivity contribution in [3.8, 4) is 6.07 Å². The maximum atomic E-state index is 11.4. The Morgan fingerprint density at radius 1 is 1.36 bits per heavy atom. The van der Waals surface area contributed by atoms with Crippen LogP contribution in [0.3, 0.4) is 0 Å². The Morgan fingerprint density at radius 2 is 2.00 bits per heavy atom. The monoisotopic (exact) mass is 196 g/mol. The Morgan fingerprint density at radius 3 is 2.50 bits per heavy atom. The second-order valence-electron chi connectivity index (χ2n) is 3.94. The molecule has 0 spiro atoms. The summed E-state index contributed by atoms with van der Waals surface area (Å²) in [5, 5.41) is 11.2. The molecule has 1 N–H and O–H groups in total. The van der Waals surface area contributed by atoms with Gasteiger partial charge in [-0.2, -0.15) is 5.26 Å². The number of hydrogen-bond donors (Lipinski definition) is 1. The van der Waals surface area contributed by atoms with Crippen LogP contribution < -0.4 is 5.32 Å². The maximum absolute atomic E-state index is 11.4. The molecular formula is C11H20N2O. The van der Waals surface area contributed by atoms with E-state index in [1.807, 2.05) is 20.8 Å². The molecule has 80 valence electrons. The van der Waals surface area contributed by atoms with Crippen molar-refractivity contribution in [2.24, 2.45) is 11.8 Å². The summed E-state index contributed by atoms with van der Waals surface area (Å²) in [4.78, 5) is 11.4. The molecule has 0 aliphatic carbocycles. The van der Waals surface area contributed by atoms with Crippen molar-refractivity contribution >= 4 is 5.91 Å². The molecule has 3 nitrogen and oxygen atoms in total. The van der Waals surface area contributed by atoms with Gasteiger partial charge in [-0.05, 0) is 18.8 Å². The quantitative estimate of drug-likeness (QED) is 0.661. The largest absolute Gasteiger partial charge is 0.356 e. The zero-order valence-electron chi connectivity index (χ0n) is 9.34. The molecule has 0 heterocycles. The molecule has 0 aliphatic rings. The Kier molecular flexibility index (Phi) is 6.82. The number of carbonyl (C=O) groups is 1. The highest BCUT2D eigenvalue weighted by Gasteiger charge is 2.15. The van der Waals surface area contributed by atoms with E-state index in [4.69, 9.17) is 5.26 Å². The summed E-state index contributed by atoms with van der Waals surface area (Å²) < 4.78 is 0. The molecule has 0 aliphatic heterocycles. The maximum Gasteiger partial charge on any atom is 0.223 e. The van der Waals surface area contributed by atoms with Gasteiger partial charge in [0.25, 0.3) is 0 Å². The normalized spacial score (nSPS) is 12.2. The van der Waals surface area contributed by atoms with Crippen molar-refractivity contribution in [3.63, 3.8) is 0 Å². The molecule has 1 amide bonds. The van der Waals surface area contributed by atoms with Crippen LogP contribution in [0, 0.1) is 23.2 Å². The fraction of sp³-hybridized carbons (Fsp3) is 0.818. The van der Waals surface area contributed by atoms with E-state index in [-0.39, 0.29) is 11.8 Å². The molecule has 0 radical (unpaired) electrons. The second-order valence-corrected chi connectivity index (χ2v) is 3.94. The van der Waals surface area contributed by atoms with Gasteiger partial charge >= 0.3 is 0 Å². The number of hydrogen-bond acceptors (Lipinski definition) is 2. The van der Waals surface area contributed by atoms with E-state index in [0.29, 0.717) is 18.9 Å². The smallest absolute Gasteiger partial charge is 0.223 e. The SMILES string of the molecule is CC(C)C(C)C(=O)NCCCCC#N. The van der Waals surface area contributed by atoms with Gasteiger partial charge in [-0.15, -0.1) is 0 Å². The third kappa shape index (κ3) is 5.58. The average molecular weight is 196 g/mol. The highest BCUT2D eigenvalue weighted by molar-refractivity contribution is 5.78. The number of amides is 1. The van der Waals surface area contributed by atoms with Gasteiger partial charge in [0.15, 0.2) is 0 Å². The van der Waals surface area contributed by atoms with Gasteiger partial charge in [0.2, 0.25) is 5.91 Å². The Hall–Kier alpha value is -1.04. The van der Waals surface area contributed by atoms with Gasteiger partial charge in [-0.3, -0.25) is 4.79 Å². The summed E-state index contributed by atoms with van der Waals surface area (Å²) in [6, 6.07) is 2.08. The van der Waals surface area contributed by atoms with E-state index in [0.717, 1.165) is 12.8 Å². The van der Waals surface area contributed by atoms with E-state index >= 15 is 0 Å². The Balaban J connectivity index is 3.50. The number of rotatable bonds is 6. The van der Waals surface area contributed by atoms with Crippen LogP contribution >= 0.6 is 0 Å². The van der Waals surface area contributed by atoms with Crippen molar-refractivity contribution in [2.75, 3.05) is 6.54 Å². The predicted octanol–water partition coefficient (Wildman–Crippen LogP) is 2.09. The molecule has 14 heavy (non-hydrogen) atoms. The van der Waals surface area contributed by atoms with Crippen LogP contribution in [-0.2, 0) is 4.79 Å². The molecule has 0 saturated carbocycles. The highest BCUT2D eigenvalue weighted by Crippen LogP contribution is 2.08. The zero-order valence-corrected chi connectivity index (χ0v) is 9.34. The van der Waals surface area contributed by atoms with E-state index in [9.17, 15) is 4.79 Å². The first kappa shape index (κ1) is 13.0. The van der Waals surface area contributed by atoms with Gasteiger partial charge in [0.1, 0.15) is 0 Å². The number of unbranched alkanes of at least 4 members (excludes halogenated alkanes) is 2. The molecule has 0 rings (SSSR count). The highest BCUT2D eigenvalue weighted by atomic mass is 16.1. The molecule has 0 aromatic carbocycles. The number of nitriles is 1. The average Bonchev–Trinajstić information content (AvgIpc) is 2.16. The number of nitrogens with zero attached hydrogens (tertiary/aromatic N) is 1. The number of nitrogens with one attached hydrogen (secondary N) is 1. The Bertz CT molecular complexity index is 206. The topological polar surface area (TPSA) is 52.9 Å². The number of carbonyl (C=O) groups excluding carboxylic acids is 1. The molecule has 0 fully saturated rings. The third-order valence-corrected chi connectivity index (χ3v) is 2.43. The van der Waals surface area contributed by atoms with E-state index in [1.54, 1.807) is 0 Å². The van der Waals surface area contributed by atoms with Crippen molar-refractivity contribution < 1.29 is 4.79 Å². The fourth-order valence-electron chi connectivity index (χ4n) is 1.00. The molecule has 0 aromatic rings. The summed E-state index contributed by atoms with van der Waals surface area (Å²) in [5.41, 5.74) is 0. The fourth-order valence-corrected chi connectivity index (χ4v) is 1.00. The standard InChI is InChI=1S/C11H20N2O/c1-9(2)10(3)11(14)13-8-6-4-5-7-12/h9-10H,4-6,8H2,1-3H3,(H,13,14). The van der Waals surface area contributed by atoms with Crippen LogP contribution in [0.25, 0.3) is 0 Å². The van der Waals surface area contributed by atoms with Gasteiger partial charge in [0, 0.05) is 18.9 Å². The van der Waals surface area contributed by atoms with Crippen molar-refractivity contribution in [1.82, 2.24) is 5.32 Å². The van der Waals surface area contributed by atoms with Crippen LogP contribution in [0.1, 0.15) is 40.0 Å². The minimum atomic E-state index is 0.0750. The van der Waals surface area contributed by atoms with Gasteiger partial charge in [-0.1, -0.05) is 20.8 Å². The van der Waals surface area contributed by atoms with Crippen LogP contribution in [0.4, 0.5) is 0 Å². The van der Waals surface area contributed by atoms with Crippen LogP contribution in [0.15, 0.2) is 0 Å². The van der Waals surface area contributed by atoms with Gasteiger partial charge < -0.3 is 5.32 Å². The molecular weight excluding hydrogens is 176 g/mol. The molecule has 0 saturated heterocycles. The molecule has 3 heteroatoms. The van der Waals surface area contributed by atoms with E-state index < -0.39 is 0 Å². The summed E-state index contributed by atoms with van der Waals surface area (Å²) in [6.45, 7) is 6.71. The first-order valence-corrected chi connectivity index (χ1v) is 5.24. The first-order valence-electron chi connectivity index (χ1n) is 5.24. The van der Waals surface area contributed by atoms with Crippen molar-refractivity contribution in [1.29, 1.82) is 5.26 Å². The van der Waals surface area contributed by atoms with Crippen LogP contribution in [0.2, 0.25) is 0 Å². The molecule has 1 unspecified atom stereocenters. The van der Waals surface area contributed by atoms with Crippen molar-refractivity contribution in [2.45, 2.75) is 40.0 Å². The van der Waals surface area contributed by atoms with Gasteiger partial charge in [0.05, 0.1) is 6.07 Å². The van der Waals surface area contributed by atoms with E-state index in [1.165, 1.54) is 0 Å². The summed E-state index contributed by atoms with van der Waals surface area (Å²) >= 11 is 0. The zero-order chi connectivity index (χ0) is 11.0. The first-order chi connectivity index (χ1) is 6.59. The van der Waals surface area contributed by atoms with Crippen LogP contribution in [-0.4, -0.2) is 12.5 Å². The third-order valence-electron chi connectivity index (χ3n) is 2.43. The lowest BCUT2D eigenvalue weighted by Crippen LogP contribution is -2.32. The predicted molar refractivity (Wildman–Crippen MR) is 56.5 cm³/mol. The minimum Gasteiger partial charge on any atom is -0.356 e. The minimum absolute atomic E-state index is 0.0750. The summed E-state index contributed by atoms with van der Waals surface area (Å²) in [7, 11) is 0. The molecule has 0 aromatic heterocycles. The molecule has 1 atom stereocenters. The lowest BCUT2D eigenvalue weighted by atomic mass is 9.97. The van der Waals surface area contributed by atoms with Crippen molar-refractivity contribution in [3.05, 3.63) is 0 Å². The van der Waals surface area contributed by atoms with Gasteiger partial charge in [-0.25, -0.2) is 0 Å². The Labute approximate surface area is 86.5 Å². The lowest BCUT2D eigenvalue weighted by molar-refractivity contribution is -0.125. The summed E-state index contributed by atoms with van der Waals surface area (Å²) in [5.74, 6) is 0.581. The second kappa shape index (κ2) is 7.37. The molecule has 0 bridgehead atoms. The van der Waals surface area contributed by atoms with E-state index in [2.05, 4.69) is 11.4 Å².